The van der Waals surface area contributed by atoms with Gasteiger partial charge in [-0.1, -0.05) is 147 Å². The Labute approximate surface area is 311 Å². The highest BCUT2D eigenvalue weighted by Crippen LogP contribution is 2.42. The predicted molar refractivity (Wildman–Crippen MR) is 222 cm³/mol. The summed E-state index contributed by atoms with van der Waals surface area (Å²) >= 11 is 0. The van der Waals surface area contributed by atoms with Crippen molar-refractivity contribution in [1.29, 1.82) is 0 Å². The fourth-order valence-corrected chi connectivity index (χ4v) is 9.25. The Kier molecular flexibility index (Phi) is 7.83. The summed E-state index contributed by atoms with van der Waals surface area (Å²) in [5, 5.41) is 3.53. The van der Waals surface area contributed by atoms with E-state index in [4.69, 9.17) is 8.83 Å². The van der Waals surface area contributed by atoms with Crippen molar-refractivity contribution < 1.29 is 8.83 Å². The minimum Gasteiger partial charge on any atom is -0.460 e. The smallest absolute Gasteiger partial charge is 0.143 e. The number of furan rings is 2. The molecule has 0 bridgehead atoms. The topological polar surface area (TPSA) is 29.5 Å². The fraction of sp³-hybridized carbons (Fsp3) is 0.200. The van der Waals surface area contributed by atoms with Crippen LogP contribution < -0.4 is 4.90 Å². The Morgan fingerprint density at radius 1 is 0.623 bits per heavy atom. The summed E-state index contributed by atoms with van der Waals surface area (Å²) in [5.74, 6) is 1.98. The average molecular weight is 690 g/mol. The minimum absolute atomic E-state index is 0.221. The van der Waals surface area contributed by atoms with Gasteiger partial charge in [-0.2, -0.15) is 0 Å². The van der Waals surface area contributed by atoms with Gasteiger partial charge in [0.1, 0.15) is 22.5 Å². The zero-order chi connectivity index (χ0) is 35.5. The van der Waals surface area contributed by atoms with Gasteiger partial charge >= 0.3 is 0 Å². The van der Waals surface area contributed by atoms with Crippen molar-refractivity contribution in [2.24, 2.45) is 11.8 Å². The third kappa shape index (κ3) is 5.49. The molecule has 3 nitrogen and oxygen atoms in total. The van der Waals surface area contributed by atoms with Crippen molar-refractivity contribution in [3.63, 3.8) is 0 Å². The summed E-state index contributed by atoms with van der Waals surface area (Å²) in [6, 6.07) is 42.2. The standard InChI is InChI=1S/C50H43NO2/c1-32-21-30-43-45-18-9-16-41(50(45)53-48(43)31-32)36-24-28-38(29-25-36)51(46-19-10-14-39(33(46)2)34-11-4-3-5-12-34)37-26-22-35(23-27-37)40-15-8-17-44-42-13-6-7-20-47(42)52-49(40)44/h3-9,11-18,20-28,30,32-33,38,46H,10,19,29,31H2,1-2H3. The van der Waals surface area contributed by atoms with E-state index in [-0.39, 0.29) is 6.04 Å². The number of fused-ring (bicyclic) bond motifs is 6. The lowest BCUT2D eigenvalue weighted by Gasteiger charge is -2.45. The molecule has 0 aliphatic heterocycles. The molecule has 4 unspecified atom stereocenters. The maximum Gasteiger partial charge on any atom is 0.143 e. The number of benzene rings is 5. The summed E-state index contributed by atoms with van der Waals surface area (Å²) in [6.07, 6.45) is 18.3. The predicted octanol–water partition coefficient (Wildman–Crippen LogP) is 13.3. The second-order valence-corrected chi connectivity index (χ2v) is 15.2. The maximum absolute atomic E-state index is 6.59. The van der Waals surface area contributed by atoms with E-state index in [9.17, 15) is 0 Å². The molecular weight excluding hydrogens is 647 g/mol. The highest BCUT2D eigenvalue weighted by Gasteiger charge is 2.34. The van der Waals surface area contributed by atoms with Gasteiger partial charge in [0, 0.05) is 56.9 Å². The zero-order valence-electron chi connectivity index (χ0n) is 30.3. The lowest BCUT2D eigenvalue weighted by atomic mass is 9.79. The van der Waals surface area contributed by atoms with Crippen molar-refractivity contribution in [2.45, 2.75) is 51.6 Å². The first-order valence-corrected chi connectivity index (χ1v) is 19.3. The van der Waals surface area contributed by atoms with Crippen molar-refractivity contribution in [2.75, 3.05) is 4.90 Å². The summed E-state index contributed by atoms with van der Waals surface area (Å²) in [6.45, 7) is 4.68. The summed E-state index contributed by atoms with van der Waals surface area (Å²) in [5.41, 5.74) is 12.9. The molecule has 4 atom stereocenters. The first-order chi connectivity index (χ1) is 26.1. The van der Waals surface area contributed by atoms with Gasteiger partial charge in [0.15, 0.2) is 0 Å². The minimum atomic E-state index is 0.221. The van der Waals surface area contributed by atoms with E-state index in [0.717, 1.165) is 64.5 Å². The van der Waals surface area contributed by atoms with Gasteiger partial charge in [0.2, 0.25) is 0 Å². The molecule has 7 aromatic rings. The maximum atomic E-state index is 6.59. The van der Waals surface area contributed by atoms with Gasteiger partial charge in [0.25, 0.3) is 0 Å². The Balaban J connectivity index is 1.01. The number of anilines is 1. The Bertz CT molecular complexity index is 2610. The van der Waals surface area contributed by atoms with E-state index < -0.39 is 0 Å². The third-order valence-corrected chi connectivity index (χ3v) is 11.9. The van der Waals surface area contributed by atoms with E-state index in [0.29, 0.717) is 17.9 Å². The van der Waals surface area contributed by atoms with E-state index in [1.807, 2.05) is 6.07 Å². The average Bonchev–Trinajstić information content (AvgIpc) is 3.78. The normalized spacial score (nSPS) is 21.2. The largest absolute Gasteiger partial charge is 0.460 e. The Morgan fingerprint density at radius 3 is 2.21 bits per heavy atom. The summed E-state index contributed by atoms with van der Waals surface area (Å²) < 4.78 is 13.0. The first-order valence-electron chi connectivity index (χ1n) is 19.3. The van der Waals surface area contributed by atoms with Crippen LogP contribution in [0.25, 0.3) is 61.3 Å². The molecule has 260 valence electrons. The van der Waals surface area contributed by atoms with Crippen LogP contribution >= 0.6 is 0 Å². The van der Waals surface area contributed by atoms with Crippen LogP contribution in [-0.2, 0) is 6.42 Å². The number of hydrogen-bond acceptors (Lipinski definition) is 3. The van der Waals surface area contributed by atoms with Gasteiger partial charge in [-0.3, -0.25) is 0 Å². The second-order valence-electron chi connectivity index (χ2n) is 15.2. The number of hydrogen-bond donors (Lipinski definition) is 0. The fourth-order valence-electron chi connectivity index (χ4n) is 9.25. The molecule has 3 aliphatic carbocycles. The van der Waals surface area contributed by atoms with E-state index in [2.05, 4.69) is 164 Å². The van der Waals surface area contributed by atoms with Crippen LogP contribution in [0.2, 0.25) is 0 Å². The van der Waals surface area contributed by atoms with Gasteiger partial charge in [-0.25, -0.2) is 0 Å². The third-order valence-electron chi connectivity index (χ3n) is 11.9. The summed E-state index contributed by atoms with van der Waals surface area (Å²) in [7, 11) is 0. The highest BCUT2D eigenvalue weighted by molar-refractivity contribution is 6.09. The molecule has 53 heavy (non-hydrogen) atoms. The second kappa shape index (κ2) is 13.0. The molecule has 3 heteroatoms. The molecule has 0 fully saturated rings. The van der Waals surface area contributed by atoms with Crippen LogP contribution in [0.3, 0.4) is 0 Å². The van der Waals surface area contributed by atoms with Gasteiger partial charge < -0.3 is 13.7 Å². The van der Waals surface area contributed by atoms with Crippen molar-refractivity contribution >= 4 is 55.8 Å². The molecule has 3 aliphatic rings. The van der Waals surface area contributed by atoms with Crippen LogP contribution in [-0.4, -0.2) is 12.1 Å². The molecule has 0 saturated heterocycles. The van der Waals surface area contributed by atoms with Crippen LogP contribution in [0.1, 0.15) is 55.6 Å². The van der Waals surface area contributed by atoms with E-state index in [1.165, 1.54) is 44.5 Å². The highest BCUT2D eigenvalue weighted by atomic mass is 16.3. The monoisotopic (exact) mass is 689 g/mol. The lowest BCUT2D eigenvalue weighted by Crippen LogP contribution is -2.47. The Hall–Kier alpha value is -5.80. The molecule has 0 amide bonds. The number of para-hydroxylation sites is 3. The van der Waals surface area contributed by atoms with E-state index >= 15 is 0 Å². The molecule has 5 aromatic carbocycles. The van der Waals surface area contributed by atoms with Crippen LogP contribution in [0.5, 0.6) is 0 Å². The molecule has 2 aromatic heterocycles. The first kappa shape index (κ1) is 31.9. The quantitative estimate of drug-likeness (QED) is 0.174. The number of nitrogens with zero attached hydrogens (tertiary/aromatic N) is 1. The molecule has 10 rings (SSSR count). The van der Waals surface area contributed by atoms with Crippen LogP contribution in [0.4, 0.5) is 5.69 Å². The van der Waals surface area contributed by atoms with Crippen molar-refractivity contribution in [3.8, 4) is 11.1 Å². The Morgan fingerprint density at radius 2 is 1.38 bits per heavy atom. The van der Waals surface area contributed by atoms with Crippen LogP contribution in [0, 0.1) is 11.8 Å². The van der Waals surface area contributed by atoms with Gasteiger partial charge in [-0.05, 0) is 65.7 Å². The molecule has 0 radical (unpaired) electrons. The molecule has 0 saturated carbocycles. The molecular formula is C50H43NO2. The van der Waals surface area contributed by atoms with Gasteiger partial charge in [0.05, 0.1) is 6.04 Å². The number of allylic oxidation sites excluding steroid dienone is 4. The zero-order valence-corrected chi connectivity index (χ0v) is 30.3. The lowest BCUT2D eigenvalue weighted by molar-refractivity contribution is 0.437. The number of rotatable bonds is 6. The SMILES string of the molecule is CC1C=Cc2c(oc3c(C4=CCC(N(c5ccc(-c6cccc7c6oc6ccccc67)cc5)C5CCC=C(c6ccccc6)C5C)C=C4)cccc23)C1. The molecule has 0 spiro atoms. The van der Waals surface area contributed by atoms with Crippen molar-refractivity contribution in [3.05, 3.63) is 168 Å². The van der Waals surface area contributed by atoms with Crippen molar-refractivity contribution in [1.82, 2.24) is 0 Å². The van der Waals surface area contributed by atoms with Gasteiger partial charge in [-0.15, -0.1) is 0 Å². The molecule has 2 heterocycles. The molecule has 0 N–H and O–H groups in total. The summed E-state index contributed by atoms with van der Waals surface area (Å²) in [4.78, 5) is 2.72. The van der Waals surface area contributed by atoms with Crippen LogP contribution in [0.15, 0.2) is 154 Å². The van der Waals surface area contributed by atoms with E-state index in [1.54, 1.807) is 0 Å².